The fourth-order valence-corrected chi connectivity index (χ4v) is 0.824. The second-order valence-electron chi connectivity index (χ2n) is 2.42. The summed E-state index contributed by atoms with van der Waals surface area (Å²) >= 11 is 0. The summed E-state index contributed by atoms with van der Waals surface area (Å²) in [6.07, 6.45) is 0.483. The van der Waals surface area contributed by atoms with Gasteiger partial charge in [0.15, 0.2) is 0 Å². The number of urea groups is 2. The van der Waals surface area contributed by atoms with Crippen LogP contribution in [-0.2, 0) is 0 Å². The van der Waals surface area contributed by atoms with Crippen molar-refractivity contribution in [3.8, 4) is 0 Å². The summed E-state index contributed by atoms with van der Waals surface area (Å²) in [5.41, 5.74) is 0. The van der Waals surface area contributed by atoms with Crippen molar-refractivity contribution in [1.82, 2.24) is 15.5 Å². The van der Waals surface area contributed by atoms with Crippen LogP contribution in [0.25, 0.3) is 0 Å². The Morgan fingerprint density at radius 1 is 1.36 bits per heavy atom. The lowest BCUT2D eigenvalue weighted by Crippen LogP contribution is -2.61. The van der Waals surface area contributed by atoms with E-state index in [0.717, 1.165) is 4.90 Å². The number of amides is 4. The summed E-state index contributed by atoms with van der Waals surface area (Å²) in [6.45, 7) is 1.89. The van der Waals surface area contributed by atoms with Crippen LogP contribution in [0.2, 0.25) is 0 Å². The van der Waals surface area contributed by atoms with E-state index in [2.05, 4.69) is 10.6 Å². The number of rotatable bonds is 1. The first-order valence-corrected chi connectivity index (χ1v) is 3.50. The van der Waals surface area contributed by atoms with Gasteiger partial charge in [0.2, 0.25) is 0 Å². The smallest absolute Gasteiger partial charge is 0.317 e. The number of imide groups is 1. The predicted octanol–water partition coefficient (Wildman–Crippen LogP) is 0.0871. The van der Waals surface area contributed by atoms with Crippen molar-refractivity contribution >= 4 is 12.1 Å². The molecule has 0 spiro atoms. The van der Waals surface area contributed by atoms with Crippen LogP contribution in [0.15, 0.2) is 0 Å². The first-order chi connectivity index (χ1) is 5.15. The van der Waals surface area contributed by atoms with E-state index in [-0.39, 0.29) is 18.2 Å². The highest BCUT2D eigenvalue weighted by atomic mass is 16.2. The SMILES string of the molecule is CCC1NC(=O)N(C)C(=O)N1. The molecule has 0 aromatic heterocycles. The molecule has 0 atom stereocenters. The molecule has 2 N–H and O–H groups in total. The average molecular weight is 157 g/mol. The largest absolute Gasteiger partial charge is 0.326 e. The Balaban J connectivity index is 2.62. The molecule has 4 amide bonds. The van der Waals surface area contributed by atoms with Gasteiger partial charge in [0.1, 0.15) is 6.17 Å². The van der Waals surface area contributed by atoms with Crippen LogP contribution in [-0.4, -0.2) is 30.2 Å². The molecule has 5 nitrogen and oxygen atoms in total. The molecule has 1 fully saturated rings. The highest BCUT2D eigenvalue weighted by Gasteiger charge is 2.26. The van der Waals surface area contributed by atoms with Gasteiger partial charge in [0.05, 0.1) is 0 Å². The predicted molar refractivity (Wildman–Crippen MR) is 38.9 cm³/mol. The first-order valence-electron chi connectivity index (χ1n) is 3.50. The van der Waals surface area contributed by atoms with E-state index >= 15 is 0 Å². The maximum absolute atomic E-state index is 10.9. The van der Waals surface area contributed by atoms with Crippen LogP contribution in [0.3, 0.4) is 0 Å². The van der Waals surface area contributed by atoms with Gasteiger partial charge >= 0.3 is 12.1 Å². The molecule has 1 heterocycles. The molecule has 0 radical (unpaired) electrons. The van der Waals surface area contributed by atoms with E-state index in [1.54, 1.807) is 0 Å². The van der Waals surface area contributed by atoms with Crippen molar-refractivity contribution in [2.45, 2.75) is 19.5 Å². The van der Waals surface area contributed by atoms with Gasteiger partial charge in [0.25, 0.3) is 0 Å². The fraction of sp³-hybridized carbons (Fsp3) is 0.667. The molecular weight excluding hydrogens is 146 g/mol. The molecule has 0 aliphatic carbocycles. The summed E-state index contributed by atoms with van der Waals surface area (Å²) < 4.78 is 0. The third-order valence-corrected chi connectivity index (χ3v) is 1.61. The quantitative estimate of drug-likeness (QED) is 0.566. The van der Waals surface area contributed by atoms with E-state index in [1.807, 2.05) is 6.92 Å². The zero-order valence-electron chi connectivity index (χ0n) is 6.55. The lowest BCUT2D eigenvalue weighted by molar-refractivity contribution is 0.173. The Bertz CT molecular complexity index is 174. The van der Waals surface area contributed by atoms with Crippen LogP contribution in [0.5, 0.6) is 0 Å². The second kappa shape index (κ2) is 2.77. The number of hydrogen-bond acceptors (Lipinski definition) is 2. The van der Waals surface area contributed by atoms with Crippen LogP contribution >= 0.6 is 0 Å². The second-order valence-corrected chi connectivity index (χ2v) is 2.42. The summed E-state index contributed by atoms with van der Waals surface area (Å²) in [6, 6.07) is -0.693. The number of carbonyl (C=O) groups excluding carboxylic acids is 2. The van der Waals surface area contributed by atoms with Gasteiger partial charge in [-0.1, -0.05) is 6.92 Å². The number of carbonyl (C=O) groups is 2. The van der Waals surface area contributed by atoms with Gasteiger partial charge in [0, 0.05) is 7.05 Å². The van der Waals surface area contributed by atoms with Crippen LogP contribution < -0.4 is 10.6 Å². The van der Waals surface area contributed by atoms with E-state index in [4.69, 9.17) is 0 Å². The van der Waals surface area contributed by atoms with Crippen molar-refractivity contribution in [2.24, 2.45) is 0 Å². The topological polar surface area (TPSA) is 61.4 Å². The number of hydrogen-bond donors (Lipinski definition) is 2. The molecule has 0 saturated carbocycles. The standard InChI is InChI=1S/C6H11N3O2/c1-3-4-7-5(10)9(2)6(11)8-4/h4H,3H2,1-2H3,(H,7,10)(H,8,11). The van der Waals surface area contributed by atoms with E-state index in [1.165, 1.54) is 7.05 Å². The van der Waals surface area contributed by atoms with Gasteiger partial charge in [-0.3, -0.25) is 0 Å². The number of nitrogens with one attached hydrogen (secondary N) is 2. The Hall–Kier alpha value is -1.26. The highest BCUT2D eigenvalue weighted by Crippen LogP contribution is 1.97. The molecule has 62 valence electrons. The molecule has 1 aliphatic heterocycles. The molecule has 5 heteroatoms. The average Bonchev–Trinajstić information content (AvgIpc) is 1.99. The van der Waals surface area contributed by atoms with Gasteiger partial charge in [-0.05, 0) is 6.42 Å². The first kappa shape index (κ1) is 7.84. The Morgan fingerprint density at radius 2 is 1.82 bits per heavy atom. The van der Waals surface area contributed by atoms with Crippen molar-refractivity contribution in [2.75, 3.05) is 7.05 Å². The lowest BCUT2D eigenvalue weighted by Gasteiger charge is -2.29. The summed E-state index contributed by atoms with van der Waals surface area (Å²) in [4.78, 5) is 22.9. The summed E-state index contributed by atoms with van der Waals surface area (Å²) in [7, 11) is 1.43. The van der Waals surface area contributed by atoms with E-state index < -0.39 is 0 Å². The third-order valence-electron chi connectivity index (χ3n) is 1.61. The molecular formula is C6H11N3O2. The molecule has 1 aliphatic rings. The Morgan fingerprint density at radius 3 is 2.18 bits per heavy atom. The minimum Gasteiger partial charge on any atom is -0.317 e. The van der Waals surface area contributed by atoms with Crippen molar-refractivity contribution in [3.63, 3.8) is 0 Å². The number of nitrogens with zero attached hydrogens (tertiary/aromatic N) is 1. The van der Waals surface area contributed by atoms with Crippen molar-refractivity contribution < 1.29 is 9.59 Å². The van der Waals surface area contributed by atoms with Gasteiger partial charge in [-0.2, -0.15) is 0 Å². The molecule has 0 aromatic carbocycles. The Labute approximate surface area is 64.7 Å². The monoisotopic (exact) mass is 157 g/mol. The Kier molecular flexibility index (Phi) is 1.98. The summed E-state index contributed by atoms with van der Waals surface area (Å²) in [5, 5.41) is 5.20. The third kappa shape index (κ3) is 1.42. The highest BCUT2D eigenvalue weighted by molar-refractivity contribution is 5.95. The van der Waals surface area contributed by atoms with Gasteiger partial charge < -0.3 is 10.6 Å². The molecule has 11 heavy (non-hydrogen) atoms. The zero-order valence-corrected chi connectivity index (χ0v) is 6.55. The molecule has 1 saturated heterocycles. The molecule has 0 bridgehead atoms. The maximum Gasteiger partial charge on any atom is 0.326 e. The lowest BCUT2D eigenvalue weighted by atomic mass is 10.3. The van der Waals surface area contributed by atoms with Gasteiger partial charge in [-0.15, -0.1) is 0 Å². The maximum atomic E-state index is 10.9. The molecule has 0 aromatic rings. The molecule has 1 rings (SSSR count). The van der Waals surface area contributed by atoms with Gasteiger partial charge in [-0.25, -0.2) is 14.5 Å². The van der Waals surface area contributed by atoms with Crippen LogP contribution in [0.4, 0.5) is 9.59 Å². The fourth-order valence-electron chi connectivity index (χ4n) is 0.824. The zero-order chi connectivity index (χ0) is 8.43. The minimum absolute atomic E-state index is 0.216. The summed E-state index contributed by atoms with van der Waals surface area (Å²) in [5.74, 6) is 0. The van der Waals surface area contributed by atoms with Crippen molar-refractivity contribution in [1.29, 1.82) is 0 Å². The van der Waals surface area contributed by atoms with E-state index in [9.17, 15) is 9.59 Å². The minimum atomic E-state index is -0.347. The van der Waals surface area contributed by atoms with E-state index in [0.29, 0.717) is 6.42 Å². The van der Waals surface area contributed by atoms with Crippen LogP contribution in [0.1, 0.15) is 13.3 Å². The van der Waals surface area contributed by atoms with Crippen LogP contribution in [0, 0.1) is 0 Å². The normalized spacial score (nSPS) is 19.6. The molecule has 0 unspecified atom stereocenters. The van der Waals surface area contributed by atoms with Crippen molar-refractivity contribution in [3.05, 3.63) is 0 Å².